The normalized spacial score (nSPS) is 26.1. The van der Waals surface area contributed by atoms with Gasteiger partial charge in [0.15, 0.2) is 0 Å². The van der Waals surface area contributed by atoms with Crippen LogP contribution in [-0.4, -0.2) is 51.3 Å². The van der Waals surface area contributed by atoms with E-state index < -0.39 is 0 Å². The van der Waals surface area contributed by atoms with Crippen LogP contribution in [0.1, 0.15) is 63.9 Å². The first-order chi connectivity index (χ1) is 14.6. The topological polar surface area (TPSA) is 44.8 Å². The maximum atomic E-state index is 13.3. The minimum Gasteiger partial charge on any atom is -0.381 e. The molecule has 5 nitrogen and oxygen atoms in total. The van der Waals surface area contributed by atoms with E-state index in [0.29, 0.717) is 5.91 Å². The van der Waals surface area contributed by atoms with Crippen molar-refractivity contribution in [3.05, 3.63) is 23.8 Å². The lowest BCUT2D eigenvalue weighted by atomic mass is 9.73. The molecule has 4 heterocycles. The maximum Gasteiger partial charge on any atom is 0.233 e. The number of anilines is 2. The molecule has 1 aromatic carbocycles. The van der Waals surface area contributed by atoms with Crippen LogP contribution in [0.15, 0.2) is 18.2 Å². The summed E-state index contributed by atoms with van der Waals surface area (Å²) < 4.78 is 5.51. The Morgan fingerprint density at radius 2 is 1.80 bits per heavy atom. The fourth-order valence-corrected chi connectivity index (χ4v) is 5.50. The molecule has 1 unspecified atom stereocenters. The number of hydrogen-bond donors (Lipinski definition) is 1. The largest absolute Gasteiger partial charge is 0.381 e. The number of carbonyl (C=O) groups excluding carboxylic acids is 1. The maximum absolute atomic E-state index is 13.3. The highest BCUT2D eigenvalue weighted by molar-refractivity contribution is 5.99. The number of hydrogen-bond acceptors (Lipinski definition) is 4. The van der Waals surface area contributed by atoms with Crippen molar-refractivity contribution in [2.24, 2.45) is 5.41 Å². The van der Waals surface area contributed by atoms with E-state index >= 15 is 0 Å². The molecule has 4 aliphatic heterocycles. The molecule has 166 valence electrons. The van der Waals surface area contributed by atoms with E-state index in [1.54, 1.807) is 0 Å². The molecule has 1 amide bonds. The summed E-state index contributed by atoms with van der Waals surface area (Å²) in [6, 6.07) is 7.43. The number of nitrogens with zero attached hydrogens (tertiary/aromatic N) is 2. The van der Waals surface area contributed by atoms with Gasteiger partial charge >= 0.3 is 0 Å². The van der Waals surface area contributed by atoms with Gasteiger partial charge in [-0.3, -0.25) is 4.79 Å². The quantitative estimate of drug-likeness (QED) is 0.786. The molecule has 1 atom stereocenters. The summed E-state index contributed by atoms with van der Waals surface area (Å²) in [4.78, 5) is 17.8. The van der Waals surface area contributed by atoms with Gasteiger partial charge in [-0.05, 0) is 95.5 Å². The van der Waals surface area contributed by atoms with Gasteiger partial charge in [0.1, 0.15) is 0 Å². The van der Waals surface area contributed by atoms with Crippen molar-refractivity contribution in [2.45, 2.75) is 71.3 Å². The molecule has 4 aliphatic rings. The van der Waals surface area contributed by atoms with Gasteiger partial charge in [0.05, 0.1) is 5.41 Å². The predicted octanol–water partition coefficient (Wildman–Crippen LogP) is 4.28. The third-order valence-electron chi connectivity index (χ3n) is 7.43. The van der Waals surface area contributed by atoms with Gasteiger partial charge < -0.3 is 19.9 Å². The molecule has 1 spiro atoms. The fourth-order valence-electron chi connectivity index (χ4n) is 5.50. The standard InChI is InChI=1S/C20H28N2O2.C5H11N/c1-16-15-17(21-10-2-3-11-21)5-6-18(16)22-12-4-7-20(19(22)23)8-13-24-14-9-20;1-5-3-2-4-6-5/h5-6,15H,2-4,7-14H2,1H3;5-6H,2-4H2,1H3. The summed E-state index contributed by atoms with van der Waals surface area (Å²) in [6.45, 7) is 10.2. The van der Waals surface area contributed by atoms with Gasteiger partial charge in [-0.15, -0.1) is 0 Å². The zero-order chi connectivity index (χ0) is 21.0. The SMILES string of the molecule is CC1CCCN1.Cc1cc(N2CCCC2)ccc1N1CCCC2(CCOCC2)C1=O. The van der Waals surface area contributed by atoms with Crippen LogP contribution in [0, 0.1) is 12.3 Å². The molecular weight excluding hydrogens is 374 g/mol. The molecule has 0 aliphatic carbocycles. The Morgan fingerprint density at radius 3 is 2.40 bits per heavy atom. The number of aryl methyl sites for hydroxylation is 1. The molecule has 0 bridgehead atoms. The average Bonchev–Trinajstić information content (AvgIpc) is 3.46. The summed E-state index contributed by atoms with van der Waals surface area (Å²) in [6.07, 6.45) is 9.21. The van der Waals surface area contributed by atoms with E-state index in [-0.39, 0.29) is 5.41 Å². The number of carbonyl (C=O) groups is 1. The van der Waals surface area contributed by atoms with E-state index in [9.17, 15) is 4.79 Å². The van der Waals surface area contributed by atoms with E-state index in [0.717, 1.165) is 70.3 Å². The molecule has 5 rings (SSSR count). The third-order valence-corrected chi connectivity index (χ3v) is 7.43. The van der Waals surface area contributed by atoms with Crippen molar-refractivity contribution in [3.63, 3.8) is 0 Å². The van der Waals surface area contributed by atoms with E-state index in [1.807, 2.05) is 0 Å². The van der Waals surface area contributed by atoms with Crippen LogP contribution in [0.25, 0.3) is 0 Å². The number of rotatable bonds is 2. The first-order valence-electron chi connectivity index (χ1n) is 12.1. The van der Waals surface area contributed by atoms with Crippen LogP contribution in [-0.2, 0) is 9.53 Å². The lowest BCUT2D eigenvalue weighted by molar-refractivity contribution is -0.136. The molecular formula is C25H39N3O2. The lowest BCUT2D eigenvalue weighted by Gasteiger charge is -2.44. The summed E-state index contributed by atoms with van der Waals surface area (Å²) in [5, 5.41) is 3.32. The van der Waals surface area contributed by atoms with Gasteiger partial charge in [-0.2, -0.15) is 0 Å². The van der Waals surface area contributed by atoms with Gasteiger partial charge in [-0.1, -0.05) is 0 Å². The minimum absolute atomic E-state index is 0.170. The fraction of sp³-hybridized carbons (Fsp3) is 0.720. The number of ether oxygens (including phenoxy) is 1. The van der Waals surface area contributed by atoms with Crippen LogP contribution in [0.3, 0.4) is 0 Å². The highest BCUT2D eigenvalue weighted by atomic mass is 16.5. The highest BCUT2D eigenvalue weighted by Crippen LogP contribution is 2.42. The molecule has 4 fully saturated rings. The van der Waals surface area contributed by atoms with Crippen molar-refractivity contribution in [1.82, 2.24) is 5.32 Å². The number of amides is 1. The second-order valence-electron chi connectivity index (χ2n) is 9.62. The Kier molecular flexibility index (Phi) is 6.99. The van der Waals surface area contributed by atoms with Crippen LogP contribution in [0.4, 0.5) is 11.4 Å². The molecule has 1 N–H and O–H groups in total. The third kappa shape index (κ3) is 4.67. The molecule has 0 aromatic heterocycles. The lowest BCUT2D eigenvalue weighted by Crippen LogP contribution is -2.51. The van der Waals surface area contributed by atoms with Crippen LogP contribution in [0.2, 0.25) is 0 Å². The van der Waals surface area contributed by atoms with Crippen LogP contribution < -0.4 is 15.1 Å². The predicted molar refractivity (Wildman–Crippen MR) is 123 cm³/mol. The van der Waals surface area contributed by atoms with Crippen molar-refractivity contribution < 1.29 is 9.53 Å². The highest BCUT2D eigenvalue weighted by Gasteiger charge is 2.45. The Hall–Kier alpha value is -1.59. The van der Waals surface area contributed by atoms with E-state index in [1.165, 1.54) is 43.5 Å². The van der Waals surface area contributed by atoms with Crippen LogP contribution >= 0.6 is 0 Å². The Labute approximate surface area is 182 Å². The molecule has 0 saturated carbocycles. The summed E-state index contributed by atoms with van der Waals surface area (Å²) in [5.41, 5.74) is 3.46. The van der Waals surface area contributed by atoms with Gasteiger partial charge in [0.25, 0.3) is 0 Å². The van der Waals surface area contributed by atoms with Gasteiger partial charge in [-0.25, -0.2) is 0 Å². The number of nitrogens with one attached hydrogen (secondary N) is 1. The summed E-state index contributed by atoms with van der Waals surface area (Å²) >= 11 is 0. The van der Waals surface area contributed by atoms with Crippen molar-refractivity contribution in [2.75, 3.05) is 49.2 Å². The zero-order valence-electron chi connectivity index (χ0n) is 18.9. The monoisotopic (exact) mass is 413 g/mol. The average molecular weight is 414 g/mol. The van der Waals surface area contributed by atoms with E-state index in [2.05, 4.69) is 47.2 Å². The smallest absolute Gasteiger partial charge is 0.233 e. The second kappa shape index (κ2) is 9.69. The number of benzene rings is 1. The van der Waals surface area contributed by atoms with Gasteiger partial charge in [0.2, 0.25) is 5.91 Å². The molecule has 4 saturated heterocycles. The van der Waals surface area contributed by atoms with Gasteiger partial charge in [0, 0.05) is 50.3 Å². The first-order valence-corrected chi connectivity index (χ1v) is 12.1. The molecule has 30 heavy (non-hydrogen) atoms. The summed E-state index contributed by atoms with van der Waals surface area (Å²) in [5.74, 6) is 0.328. The second-order valence-corrected chi connectivity index (χ2v) is 9.62. The van der Waals surface area contributed by atoms with Crippen LogP contribution in [0.5, 0.6) is 0 Å². The van der Waals surface area contributed by atoms with Crippen molar-refractivity contribution >= 4 is 17.3 Å². The Bertz CT molecular complexity index is 712. The molecule has 0 radical (unpaired) electrons. The minimum atomic E-state index is -0.170. The number of piperidine rings is 1. The summed E-state index contributed by atoms with van der Waals surface area (Å²) in [7, 11) is 0. The Morgan fingerprint density at radius 1 is 1.03 bits per heavy atom. The Balaban J connectivity index is 0.000000313. The molecule has 1 aromatic rings. The molecule has 5 heteroatoms. The zero-order valence-corrected chi connectivity index (χ0v) is 18.9. The van der Waals surface area contributed by atoms with Crippen molar-refractivity contribution in [1.29, 1.82) is 0 Å². The van der Waals surface area contributed by atoms with E-state index in [4.69, 9.17) is 4.74 Å². The van der Waals surface area contributed by atoms with Crippen molar-refractivity contribution in [3.8, 4) is 0 Å². The first kappa shape index (κ1) is 21.6.